The van der Waals surface area contributed by atoms with Gasteiger partial charge in [0.2, 0.25) is 0 Å². The lowest BCUT2D eigenvalue weighted by Gasteiger charge is -2.30. The van der Waals surface area contributed by atoms with Gasteiger partial charge in [0.05, 0.1) is 0 Å². The quantitative estimate of drug-likeness (QED) is 0.891. The Morgan fingerprint density at radius 3 is 3.21 bits per heavy atom. The van der Waals surface area contributed by atoms with Gasteiger partial charge in [-0.1, -0.05) is 19.1 Å². The van der Waals surface area contributed by atoms with Crippen LogP contribution in [0.1, 0.15) is 37.3 Å². The average Bonchev–Trinajstić information content (AvgIpc) is 2.86. The zero-order valence-electron chi connectivity index (χ0n) is 12.1. The van der Waals surface area contributed by atoms with Gasteiger partial charge in [0.1, 0.15) is 0 Å². The van der Waals surface area contributed by atoms with E-state index in [0.717, 1.165) is 12.5 Å². The van der Waals surface area contributed by atoms with Crippen molar-refractivity contribution in [2.24, 2.45) is 5.92 Å². The summed E-state index contributed by atoms with van der Waals surface area (Å²) in [5.41, 5.74) is 4.39. The van der Waals surface area contributed by atoms with Crippen molar-refractivity contribution in [3.63, 3.8) is 0 Å². The highest BCUT2D eigenvalue weighted by molar-refractivity contribution is 5.56. The van der Waals surface area contributed by atoms with Crippen LogP contribution in [0.25, 0.3) is 0 Å². The van der Waals surface area contributed by atoms with Crippen molar-refractivity contribution in [1.29, 1.82) is 0 Å². The first-order valence-corrected chi connectivity index (χ1v) is 7.89. The highest BCUT2D eigenvalue weighted by Crippen LogP contribution is 2.23. The van der Waals surface area contributed by atoms with Gasteiger partial charge in [-0.2, -0.15) is 0 Å². The van der Waals surface area contributed by atoms with Gasteiger partial charge < -0.3 is 10.2 Å². The molecule has 1 N–H and O–H groups in total. The second-order valence-electron chi connectivity index (χ2n) is 6.32. The summed E-state index contributed by atoms with van der Waals surface area (Å²) in [5, 5.41) is 3.43. The largest absolute Gasteiger partial charge is 0.384 e. The van der Waals surface area contributed by atoms with E-state index < -0.39 is 0 Å². The molecule has 0 radical (unpaired) electrons. The van der Waals surface area contributed by atoms with Crippen LogP contribution >= 0.6 is 0 Å². The molecule has 1 fully saturated rings. The number of fused-ring (bicyclic) bond motifs is 1. The summed E-state index contributed by atoms with van der Waals surface area (Å²) in [7, 11) is 0. The van der Waals surface area contributed by atoms with Crippen LogP contribution in [0, 0.1) is 5.92 Å². The molecule has 0 saturated carbocycles. The van der Waals surface area contributed by atoms with E-state index in [9.17, 15) is 0 Å². The van der Waals surface area contributed by atoms with E-state index in [1.807, 2.05) is 0 Å². The lowest BCUT2D eigenvalue weighted by Crippen LogP contribution is -2.35. The Morgan fingerprint density at radius 2 is 2.32 bits per heavy atom. The van der Waals surface area contributed by atoms with E-state index in [0.29, 0.717) is 0 Å². The van der Waals surface area contributed by atoms with Crippen molar-refractivity contribution in [2.45, 2.75) is 39.0 Å². The molecule has 2 aliphatic rings. The van der Waals surface area contributed by atoms with Gasteiger partial charge in [0.15, 0.2) is 0 Å². The van der Waals surface area contributed by atoms with Crippen LogP contribution in [0.4, 0.5) is 5.69 Å². The molecule has 2 aliphatic heterocycles. The summed E-state index contributed by atoms with van der Waals surface area (Å²) in [5.74, 6) is 0.903. The molecule has 0 spiro atoms. The number of likely N-dealkylation sites (tertiary alicyclic amines) is 1. The van der Waals surface area contributed by atoms with E-state index in [1.54, 1.807) is 0 Å². The normalized spacial score (nSPS) is 23.1. The number of nitrogens with zero attached hydrogens (tertiary/aromatic N) is 1. The van der Waals surface area contributed by atoms with Crippen LogP contribution in [-0.4, -0.2) is 31.1 Å². The monoisotopic (exact) mass is 258 g/mol. The van der Waals surface area contributed by atoms with Gasteiger partial charge in [0, 0.05) is 18.8 Å². The average molecular weight is 258 g/mol. The van der Waals surface area contributed by atoms with Crippen molar-refractivity contribution in [3.05, 3.63) is 29.3 Å². The fraction of sp³-hybridized carbons (Fsp3) is 0.647. The molecular weight excluding hydrogens is 232 g/mol. The Bertz CT molecular complexity index is 427. The van der Waals surface area contributed by atoms with E-state index >= 15 is 0 Å². The van der Waals surface area contributed by atoms with Crippen LogP contribution in [-0.2, 0) is 12.8 Å². The van der Waals surface area contributed by atoms with Crippen molar-refractivity contribution in [1.82, 2.24) is 4.90 Å². The van der Waals surface area contributed by atoms with Gasteiger partial charge in [-0.05, 0) is 68.3 Å². The number of hydrogen-bond acceptors (Lipinski definition) is 2. The van der Waals surface area contributed by atoms with Crippen molar-refractivity contribution in [2.75, 3.05) is 31.5 Å². The van der Waals surface area contributed by atoms with Crippen LogP contribution in [0.15, 0.2) is 18.2 Å². The van der Waals surface area contributed by atoms with Gasteiger partial charge in [-0.15, -0.1) is 0 Å². The third kappa shape index (κ3) is 3.30. The zero-order chi connectivity index (χ0) is 13.1. The molecule has 1 aromatic carbocycles. The molecule has 2 heteroatoms. The van der Waals surface area contributed by atoms with Crippen molar-refractivity contribution in [3.8, 4) is 0 Å². The number of anilines is 1. The van der Waals surface area contributed by atoms with Crippen LogP contribution in [0.5, 0.6) is 0 Å². The molecule has 3 rings (SSSR count). The SMILES string of the molecule is CC1CCCN(CCCc2ccc3c(c2)CCN3)C1. The van der Waals surface area contributed by atoms with Gasteiger partial charge in [-0.3, -0.25) is 0 Å². The second-order valence-corrected chi connectivity index (χ2v) is 6.32. The Kier molecular flexibility index (Phi) is 4.07. The third-order valence-electron chi connectivity index (χ3n) is 4.56. The van der Waals surface area contributed by atoms with Gasteiger partial charge >= 0.3 is 0 Å². The molecule has 1 aromatic rings. The molecule has 1 saturated heterocycles. The van der Waals surface area contributed by atoms with E-state index in [2.05, 4.69) is 35.3 Å². The van der Waals surface area contributed by atoms with E-state index in [4.69, 9.17) is 0 Å². The summed E-state index contributed by atoms with van der Waals surface area (Å²) >= 11 is 0. The van der Waals surface area contributed by atoms with E-state index in [1.165, 1.54) is 68.6 Å². The number of hydrogen-bond donors (Lipinski definition) is 1. The van der Waals surface area contributed by atoms with Crippen LogP contribution < -0.4 is 5.32 Å². The highest BCUT2D eigenvalue weighted by Gasteiger charge is 2.15. The maximum absolute atomic E-state index is 3.43. The Hall–Kier alpha value is -1.02. The molecule has 1 unspecified atom stereocenters. The summed E-state index contributed by atoms with van der Waals surface area (Å²) in [6, 6.07) is 6.98. The van der Waals surface area contributed by atoms with Gasteiger partial charge in [-0.25, -0.2) is 0 Å². The first-order chi connectivity index (χ1) is 9.31. The molecule has 0 aliphatic carbocycles. The van der Waals surface area contributed by atoms with E-state index in [-0.39, 0.29) is 0 Å². The Labute approximate surface area is 117 Å². The summed E-state index contributed by atoms with van der Waals surface area (Å²) in [6.45, 7) is 7.41. The fourth-order valence-corrected chi connectivity index (χ4v) is 3.51. The lowest BCUT2D eigenvalue weighted by molar-refractivity contribution is 0.182. The molecule has 1 atom stereocenters. The summed E-state index contributed by atoms with van der Waals surface area (Å²) < 4.78 is 0. The first-order valence-electron chi connectivity index (χ1n) is 7.89. The predicted octanol–water partition coefficient (Wildman–Crippen LogP) is 3.32. The maximum atomic E-state index is 3.43. The molecule has 104 valence electrons. The lowest BCUT2D eigenvalue weighted by atomic mass is 9.99. The summed E-state index contributed by atoms with van der Waals surface area (Å²) in [4.78, 5) is 2.66. The Balaban J connectivity index is 1.47. The van der Waals surface area contributed by atoms with Crippen molar-refractivity contribution < 1.29 is 0 Å². The molecule has 0 bridgehead atoms. The van der Waals surface area contributed by atoms with Crippen LogP contribution in [0.2, 0.25) is 0 Å². The molecular formula is C17H26N2. The molecule has 2 heterocycles. The highest BCUT2D eigenvalue weighted by atomic mass is 15.1. The van der Waals surface area contributed by atoms with Crippen molar-refractivity contribution >= 4 is 5.69 Å². The number of aryl methyl sites for hydroxylation is 1. The minimum atomic E-state index is 0.903. The number of nitrogens with one attached hydrogen (secondary N) is 1. The molecule has 2 nitrogen and oxygen atoms in total. The molecule has 0 aromatic heterocycles. The smallest absolute Gasteiger partial charge is 0.0373 e. The third-order valence-corrected chi connectivity index (χ3v) is 4.56. The number of benzene rings is 1. The number of rotatable bonds is 4. The van der Waals surface area contributed by atoms with Gasteiger partial charge in [0.25, 0.3) is 0 Å². The second kappa shape index (κ2) is 5.96. The fourth-order valence-electron chi connectivity index (χ4n) is 3.51. The first kappa shape index (κ1) is 13.0. The predicted molar refractivity (Wildman–Crippen MR) is 81.8 cm³/mol. The minimum Gasteiger partial charge on any atom is -0.384 e. The standard InChI is InChI=1S/C17H26N2/c1-14-4-2-10-19(13-14)11-3-5-15-6-7-17-16(12-15)8-9-18-17/h6-7,12,14,18H,2-5,8-11,13H2,1H3. The zero-order valence-corrected chi connectivity index (χ0v) is 12.1. The molecule has 19 heavy (non-hydrogen) atoms. The minimum absolute atomic E-state index is 0.903. The molecule has 0 amide bonds. The summed E-state index contributed by atoms with van der Waals surface area (Å²) in [6.07, 6.45) is 6.56. The Morgan fingerprint density at radius 1 is 1.37 bits per heavy atom. The topological polar surface area (TPSA) is 15.3 Å². The maximum Gasteiger partial charge on any atom is 0.0373 e. The number of piperidine rings is 1. The van der Waals surface area contributed by atoms with Crippen LogP contribution in [0.3, 0.4) is 0 Å².